The van der Waals surface area contributed by atoms with Crippen LogP contribution in [0.1, 0.15) is 33.1 Å². The van der Waals surface area contributed by atoms with Gasteiger partial charge in [0.15, 0.2) is 0 Å². The lowest BCUT2D eigenvalue weighted by Crippen LogP contribution is -2.67. The lowest BCUT2D eigenvalue weighted by Gasteiger charge is -2.34. The second-order valence-electron chi connectivity index (χ2n) is 16.7. The molecule has 450 valence electrons. The molecule has 0 saturated heterocycles. The Bertz CT molecular complexity index is 1990. The maximum absolute atomic E-state index is 14.1. The molecule has 0 radical (unpaired) electrons. The fraction of sp³-hybridized carbons (Fsp3) is 0.750. The van der Waals surface area contributed by atoms with E-state index < -0.39 is 220 Å². The molecule has 0 aliphatic rings. The quantitative estimate of drug-likeness (QED) is 0.0201. The zero-order valence-electron chi connectivity index (χ0n) is 41.2. The number of carbonyl (C=O) groups is 10. The lowest BCUT2D eigenvalue weighted by molar-refractivity contribution is -0.149. The first kappa shape index (κ1) is 72.8. The minimum Gasteiger partial charge on any atom is -0.481 e. The summed E-state index contributed by atoms with van der Waals surface area (Å²) in [5.74, 6) is -17.9. The van der Waals surface area contributed by atoms with Gasteiger partial charge in [-0.05, 0) is 0 Å². The first-order chi connectivity index (χ1) is 36.3. The van der Waals surface area contributed by atoms with Crippen molar-refractivity contribution in [2.75, 3.05) is 37.9 Å². The predicted molar refractivity (Wildman–Crippen MR) is 257 cm³/mol. The van der Waals surface area contributed by atoms with Crippen LogP contribution in [-0.2, 0) is 47.9 Å². The number of carboxylic acids is 3. The monoisotopic (exact) mass is 1180 g/mol. The van der Waals surface area contributed by atoms with E-state index in [1.165, 1.54) is 6.92 Å². The molecule has 0 fully saturated rings. The highest BCUT2D eigenvalue weighted by molar-refractivity contribution is 8.76. The van der Waals surface area contributed by atoms with Gasteiger partial charge in [-0.2, -0.15) is 0 Å². The van der Waals surface area contributed by atoms with Gasteiger partial charge in [-0.25, -0.2) is 4.79 Å². The molecule has 7 amide bonds. The van der Waals surface area contributed by atoms with Crippen molar-refractivity contribution in [3.8, 4) is 0 Å². The van der Waals surface area contributed by atoms with E-state index in [0.29, 0.717) is 5.75 Å². The zero-order chi connectivity index (χ0) is 60.5. The molecule has 26 N–H and O–H groups in total. The maximum Gasteiger partial charge on any atom is 0.327 e. The van der Waals surface area contributed by atoms with Gasteiger partial charge in [0.1, 0.15) is 116 Å². The van der Waals surface area contributed by atoms with Gasteiger partial charge in [0.25, 0.3) is 0 Å². The number of hydrogen-bond donors (Lipinski definition) is 26. The van der Waals surface area contributed by atoms with Crippen LogP contribution in [0.3, 0.4) is 0 Å². The largest absolute Gasteiger partial charge is 0.481 e. The molecule has 0 rings (SSSR count). The number of aliphatic hydroxyl groups excluding tert-OH is 16. The van der Waals surface area contributed by atoms with Crippen LogP contribution in [0, 0.1) is 0 Å². The van der Waals surface area contributed by atoms with Crippen LogP contribution in [0.25, 0.3) is 0 Å². The van der Waals surface area contributed by atoms with Crippen molar-refractivity contribution < 1.29 is 145 Å². The van der Waals surface area contributed by atoms with Gasteiger partial charge in [0, 0.05) is 17.9 Å². The molecule has 0 spiro atoms. The number of carbonyl (C=O) groups excluding carboxylic acids is 7. The second-order valence-corrected chi connectivity index (χ2v) is 19.5. The van der Waals surface area contributed by atoms with E-state index in [2.05, 4.69) is 0 Å². The molecular weight excluding hydrogens is 1110 g/mol. The zero-order valence-corrected chi connectivity index (χ0v) is 42.9. The second kappa shape index (κ2) is 36.1. The molecule has 0 heterocycles. The highest BCUT2D eigenvalue weighted by Gasteiger charge is 2.46. The Morgan fingerprint density at radius 1 is 0.359 bits per heavy atom. The molecule has 0 saturated carbocycles. The lowest BCUT2D eigenvalue weighted by atomic mass is 9.96. The van der Waals surface area contributed by atoms with Gasteiger partial charge in [0.2, 0.25) is 41.4 Å². The summed E-state index contributed by atoms with van der Waals surface area (Å²) in [4.78, 5) is 131. The molecule has 0 aromatic carbocycles. The Balaban J connectivity index is 7.67. The van der Waals surface area contributed by atoms with Crippen LogP contribution in [0.2, 0.25) is 0 Å². The van der Waals surface area contributed by atoms with Gasteiger partial charge < -0.3 is 134 Å². The van der Waals surface area contributed by atoms with Crippen molar-refractivity contribution in [3.05, 3.63) is 0 Å². The first-order valence-corrected chi connectivity index (χ1v) is 25.4. The number of hydrogen-bond acceptors (Lipinski definition) is 28. The third-order valence-electron chi connectivity index (χ3n) is 10.8. The van der Waals surface area contributed by atoms with Crippen molar-refractivity contribution in [2.45, 2.75) is 149 Å². The number of carboxylic acid groups (broad SMARTS) is 3. The van der Waals surface area contributed by atoms with Crippen LogP contribution in [0.4, 0.5) is 0 Å². The summed E-state index contributed by atoms with van der Waals surface area (Å²) in [6.07, 6.45) is -34.6. The highest BCUT2D eigenvalue weighted by Crippen LogP contribution is 2.21. The van der Waals surface area contributed by atoms with Crippen LogP contribution >= 0.6 is 21.6 Å². The van der Waals surface area contributed by atoms with Crippen molar-refractivity contribution >= 4 is 80.8 Å². The smallest absolute Gasteiger partial charge is 0.327 e. The van der Waals surface area contributed by atoms with Crippen LogP contribution in [0.15, 0.2) is 0 Å². The fourth-order valence-corrected chi connectivity index (χ4v) is 8.13. The molecule has 0 bridgehead atoms. The van der Waals surface area contributed by atoms with Crippen LogP contribution < -0.4 is 37.2 Å². The summed E-state index contributed by atoms with van der Waals surface area (Å²) in [5, 5.41) is 205. The van der Waals surface area contributed by atoms with E-state index >= 15 is 0 Å². The van der Waals surface area contributed by atoms with E-state index in [1.54, 1.807) is 33.5 Å². The van der Waals surface area contributed by atoms with Crippen molar-refractivity contribution in [2.24, 2.45) is 0 Å². The molecule has 19 atom stereocenters. The van der Waals surface area contributed by atoms with Gasteiger partial charge in [0.05, 0.1) is 39.3 Å². The molecular formula is C40H69N7O29S2. The molecule has 78 heavy (non-hydrogen) atoms. The van der Waals surface area contributed by atoms with Crippen molar-refractivity contribution in [3.63, 3.8) is 0 Å². The Morgan fingerprint density at radius 2 is 0.628 bits per heavy atom. The number of aliphatic carboxylic acids is 3. The Labute approximate surface area is 448 Å². The summed E-state index contributed by atoms with van der Waals surface area (Å²) in [6.45, 7) is -2.48. The number of nitrogens with one attached hydrogen (secondary N) is 7. The molecule has 38 heteroatoms. The van der Waals surface area contributed by atoms with Crippen LogP contribution in [0.5, 0.6) is 0 Å². The molecule has 0 aromatic rings. The molecule has 0 unspecified atom stereocenters. The minimum atomic E-state index is -2.99. The topological polar surface area (TPSA) is 639 Å². The van der Waals surface area contributed by atoms with E-state index in [-0.39, 0.29) is 5.75 Å². The van der Waals surface area contributed by atoms with E-state index in [1.807, 2.05) is 10.6 Å². The molecule has 36 nitrogen and oxygen atoms in total. The number of aliphatic hydroxyl groups is 16. The van der Waals surface area contributed by atoms with Crippen LogP contribution in [-0.4, -0.2) is 310 Å². The van der Waals surface area contributed by atoms with Gasteiger partial charge >= 0.3 is 17.9 Å². The summed E-state index contributed by atoms with van der Waals surface area (Å²) in [5.41, 5.74) is 0. The first-order valence-electron chi connectivity index (χ1n) is 22.9. The Morgan fingerprint density at radius 3 is 0.885 bits per heavy atom. The maximum atomic E-state index is 14.1. The summed E-state index contributed by atoms with van der Waals surface area (Å²) < 4.78 is 0. The predicted octanol–water partition coefficient (Wildman–Crippen LogP) is -14.5. The van der Waals surface area contributed by atoms with Crippen molar-refractivity contribution in [1.29, 1.82) is 0 Å². The molecule has 0 aliphatic carbocycles. The number of rotatable bonds is 39. The Hall–Kier alpha value is -5.24. The van der Waals surface area contributed by atoms with E-state index in [9.17, 15) is 145 Å². The average Bonchev–Trinajstić information content (AvgIpc) is 3.40. The molecule has 0 aliphatic heterocycles. The Kier molecular flexibility index (Phi) is 33.7. The van der Waals surface area contributed by atoms with Gasteiger partial charge in [-0.15, -0.1) is 0 Å². The SMILES string of the molecule is CCSSC[C@H](NC(=O)[C@@H](NC(=O)[C@H](CC(=O)O)NC(=O)[C@@H](NC(=O)[C@@H](NC(=O)[C@H](CC(=O)O)NC(=O)[C@@H](NC(=O)CC)[C@@H](O)[C@H](O)[C@H](O)CO)[C@@H](O)[C@H](O)[C@H](O)CO)[C@@H](O)[C@H](O)[C@H](O)CO)[C@@H](O)[C@H](O)[C@H](O)CO)C(=O)O. The highest BCUT2D eigenvalue weighted by atomic mass is 33.1. The van der Waals surface area contributed by atoms with Crippen molar-refractivity contribution in [1.82, 2.24) is 37.2 Å². The summed E-state index contributed by atoms with van der Waals surface area (Å²) in [6, 6.07) is -17.9. The van der Waals surface area contributed by atoms with Gasteiger partial charge in [-0.1, -0.05) is 35.4 Å². The normalized spacial score (nSPS) is 18.9. The fourth-order valence-electron chi connectivity index (χ4n) is 6.31. The average molecular weight is 1180 g/mol. The standard InChI is InChI=1S/C40H69N7O29S2/c1-3-19(56)44-22(30(65)26(61)15(52)7-48)36(71)41-12(5-20(57)58)35(70)46-25(33(68)29(64)18(55)10-51)39(74)47-24(32(67)28(63)17(54)9-50)37(72)42-13(6-21(59)60)34(69)45-23(31(66)27(62)16(53)8-49)38(73)43-14(40(75)76)11-78-77-4-2/h12-18,22-33,48-55,61-68H,3-11H2,1-2H3,(H,41,71)(H,42,72)(H,43,73)(H,44,56)(H,45,69)(H,46,70)(H,47,74)(H,57,58)(H,59,60)(H,75,76)/t12-,13-,14-,15+,16+,17+,18+,22-,23-,24-,25-,26+,27+,28+,29+,30+,31+,32+,33+/m0/s1. The third kappa shape index (κ3) is 23.2. The third-order valence-corrected chi connectivity index (χ3v) is 13.3. The summed E-state index contributed by atoms with van der Waals surface area (Å²) in [7, 11) is 2.06. The van der Waals surface area contributed by atoms with E-state index in [0.717, 1.165) is 21.6 Å². The molecule has 0 aromatic heterocycles. The van der Waals surface area contributed by atoms with E-state index in [4.69, 9.17) is 0 Å². The number of amides is 7. The minimum absolute atomic E-state index is 0.374. The summed E-state index contributed by atoms with van der Waals surface area (Å²) >= 11 is 0. The van der Waals surface area contributed by atoms with Gasteiger partial charge in [-0.3, -0.25) is 43.2 Å².